The first-order valence-electron chi connectivity index (χ1n) is 11.0. The first-order chi connectivity index (χ1) is 15.1. The van der Waals surface area contributed by atoms with Crippen LogP contribution in [-0.4, -0.2) is 43.0 Å². The molecule has 2 aliphatic rings. The third-order valence-electron chi connectivity index (χ3n) is 6.07. The lowest BCUT2D eigenvalue weighted by atomic mass is 10.00. The van der Waals surface area contributed by atoms with E-state index in [1.807, 2.05) is 29.2 Å². The minimum atomic E-state index is -0.336. The number of hydrogen-bond donors (Lipinski definition) is 2. The Hall–Kier alpha value is -2.90. The van der Waals surface area contributed by atoms with Crippen molar-refractivity contribution in [1.29, 1.82) is 0 Å². The number of nitrogens with zero attached hydrogens (tertiary/aromatic N) is 2. The van der Waals surface area contributed by atoms with Crippen molar-refractivity contribution in [2.45, 2.75) is 38.6 Å². The third-order valence-corrected chi connectivity index (χ3v) is 6.07. The van der Waals surface area contributed by atoms with Gasteiger partial charge in [-0.15, -0.1) is 0 Å². The molecule has 2 amide bonds. The normalized spacial score (nSPS) is 16.7. The molecule has 2 aromatic carbocycles. The van der Waals surface area contributed by atoms with Crippen LogP contribution in [0.25, 0.3) is 0 Å². The molecule has 3 N–H and O–H groups in total. The van der Waals surface area contributed by atoms with E-state index in [0.717, 1.165) is 48.6 Å². The molecule has 2 aliphatic heterocycles. The SMILES string of the molecule is NNC(=O)c1ccc(CN2C(=O)CCc3ccc(OCCN4CCCCC4)cc32)cc1. The molecule has 0 atom stereocenters. The maximum absolute atomic E-state index is 12.7. The van der Waals surface area contributed by atoms with Crippen LogP contribution in [0.4, 0.5) is 5.69 Å². The molecule has 7 heteroatoms. The summed E-state index contributed by atoms with van der Waals surface area (Å²) < 4.78 is 6.03. The summed E-state index contributed by atoms with van der Waals surface area (Å²) in [6, 6.07) is 13.2. The van der Waals surface area contributed by atoms with E-state index in [0.29, 0.717) is 25.1 Å². The maximum atomic E-state index is 12.7. The molecular formula is C24H30N4O3. The second kappa shape index (κ2) is 9.94. The summed E-state index contributed by atoms with van der Waals surface area (Å²) in [5.74, 6) is 5.75. The zero-order valence-corrected chi connectivity index (χ0v) is 17.8. The zero-order chi connectivity index (χ0) is 21.6. The molecule has 1 saturated heterocycles. The van der Waals surface area contributed by atoms with E-state index < -0.39 is 0 Å². The molecular weight excluding hydrogens is 392 g/mol. The van der Waals surface area contributed by atoms with Gasteiger partial charge in [0, 0.05) is 24.6 Å². The third kappa shape index (κ3) is 5.24. The summed E-state index contributed by atoms with van der Waals surface area (Å²) in [5, 5.41) is 0. The summed E-state index contributed by atoms with van der Waals surface area (Å²) >= 11 is 0. The average molecular weight is 423 g/mol. The highest BCUT2D eigenvalue weighted by Crippen LogP contribution is 2.32. The van der Waals surface area contributed by atoms with Gasteiger partial charge >= 0.3 is 0 Å². The van der Waals surface area contributed by atoms with E-state index in [4.69, 9.17) is 10.6 Å². The van der Waals surface area contributed by atoms with E-state index in [1.165, 1.54) is 19.3 Å². The molecule has 0 bridgehead atoms. The molecule has 0 radical (unpaired) electrons. The average Bonchev–Trinajstić information content (AvgIpc) is 2.81. The van der Waals surface area contributed by atoms with Gasteiger partial charge in [-0.2, -0.15) is 0 Å². The molecule has 1 fully saturated rings. The van der Waals surface area contributed by atoms with Crippen molar-refractivity contribution < 1.29 is 14.3 Å². The number of carbonyl (C=O) groups excluding carboxylic acids is 2. The smallest absolute Gasteiger partial charge is 0.265 e. The fourth-order valence-corrected chi connectivity index (χ4v) is 4.28. The van der Waals surface area contributed by atoms with Crippen LogP contribution in [0.5, 0.6) is 5.75 Å². The summed E-state index contributed by atoms with van der Waals surface area (Å²) in [6.45, 7) is 4.34. The monoisotopic (exact) mass is 422 g/mol. The molecule has 0 spiro atoms. The Balaban J connectivity index is 1.44. The number of aryl methyl sites for hydroxylation is 1. The molecule has 31 heavy (non-hydrogen) atoms. The molecule has 4 rings (SSSR count). The first-order valence-corrected chi connectivity index (χ1v) is 11.0. The topological polar surface area (TPSA) is 87.9 Å². The van der Waals surface area contributed by atoms with Crippen molar-refractivity contribution in [2.24, 2.45) is 5.84 Å². The molecule has 7 nitrogen and oxygen atoms in total. The van der Waals surface area contributed by atoms with Crippen LogP contribution in [0.2, 0.25) is 0 Å². The molecule has 0 unspecified atom stereocenters. The Morgan fingerprint density at radius 3 is 2.55 bits per heavy atom. The van der Waals surface area contributed by atoms with Crippen molar-refractivity contribution in [1.82, 2.24) is 10.3 Å². The van der Waals surface area contributed by atoms with Crippen LogP contribution in [-0.2, 0) is 17.8 Å². The standard InChI is InChI=1S/C24H30N4O3/c25-26-24(30)20-6-4-18(5-7-20)17-28-22-16-21(10-8-19(22)9-11-23(28)29)31-15-14-27-12-2-1-3-13-27/h4-8,10,16H,1-3,9,11-15,17,25H2,(H,26,30). The predicted molar refractivity (Wildman–Crippen MR) is 120 cm³/mol. The number of piperidine rings is 1. The van der Waals surface area contributed by atoms with Crippen molar-refractivity contribution in [3.63, 3.8) is 0 Å². The lowest BCUT2D eigenvalue weighted by Gasteiger charge is -2.30. The second-order valence-corrected chi connectivity index (χ2v) is 8.19. The quantitative estimate of drug-likeness (QED) is 0.407. The van der Waals surface area contributed by atoms with E-state index in [1.54, 1.807) is 12.1 Å². The van der Waals surface area contributed by atoms with E-state index >= 15 is 0 Å². The van der Waals surface area contributed by atoms with Gasteiger partial charge in [-0.1, -0.05) is 24.6 Å². The van der Waals surface area contributed by atoms with Crippen LogP contribution in [0, 0.1) is 0 Å². The lowest BCUT2D eigenvalue weighted by Crippen LogP contribution is -2.35. The Morgan fingerprint density at radius 2 is 1.81 bits per heavy atom. The molecule has 2 heterocycles. The van der Waals surface area contributed by atoms with Crippen LogP contribution in [0.15, 0.2) is 42.5 Å². The second-order valence-electron chi connectivity index (χ2n) is 8.19. The van der Waals surface area contributed by atoms with Crippen molar-refractivity contribution in [2.75, 3.05) is 31.1 Å². The number of anilines is 1. The number of nitrogens with one attached hydrogen (secondary N) is 1. The number of rotatable bonds is 7. The minimum absolute atomic E-state index is 0.0988. The van der Waals surface area contributed by atoms with Crippen molar-refractivity contribution in [3.8, 4) is 5.75 Å². The van der Waals surface area contributed by atoms with Crippen molar-refractivity contribution >= 4 is 17.5 Å². The number of fused-ring (bicyclic) bond motifs is 1. The van der Waals surface area contributed by atoms with Gasteiger partial charge in [0.1, 0.15) is 12.4 Å². The first kappa shape index (κ1) is 21.3. The Kier molecular flexibility index (Phi) is 6.84. The Morgan fingerprint density at radius 1 is 1.03 bits per heavy atom. The fraction of sp³-hybridized carbons (Fsp3) is 0.417. The number of carbonyl (C=O) groups is 2. The largest absolute Gasteiger partial charge is 0.492 e. The highest BCUT2D eigenvalue weighted by molar-refractivity contribution is 5.97. The molecule has 164 valence electrons. The van der Waals surface area contributed by atoms with Gasteiger partial charge in [0.25, 0.3) is 5.91 Å². The summed E-state index contributed by atoms with van der Waals surface area (Å²) in [4.78, 5) is 28.6. The summed E-state index contributed by atoms with van der Waals surface area (Å²) in [7, 11) is 0. The lowest BCUT2D eigenvalue weighted by molar-refractivity contribution is -0.119. The Labute approximate surface area is 183 Å². The van der Waals surface area contributed by atoms with Gasteiger partial charge in [0.05, 0.1) is 12.2 Å². The summed E-state index contributed by atoms with van der Waals surface area (Å²) in [5.41, 5.74) is 5.63. The van der Waals surface area contributed by atoms with Gasteiger partial charge < -0.3 is 9.64 Å². The highest BCUT2D eigenvalue weighted by Gasteiger charge is 2.25. The number of likely N-dealkylation sites (tertiary alicyclic amines) is 1. The van der Waals surface area contributed by atoms with Gasteiger partial charge in [0.15, 0.2) is 0 Å². The Bertz CT molecular complexity index is 923. The van der Waals surface area contributed by atoms with E-state index in [-0.39, 0.29) is 11.8 Å². The van der Waals surface area contributed by atoms with Crippen LogP contribution in [0.3, 0.4) is 0 Å². The van der Waals surface area contributed by atoms with Gasteiger partial charge in [0.2, 0.25) is 5.91 Å². The number of amides is 2. The molecule has 2 aromatic rings. The van der Waals surface area contributed by atoms with Crippen molar-refractivity contribution in [3.05, 3.63) is 59.2 Å². The number of nitrogens with two attached hydrogens (primary N) is 1. The predicted octanol–water partition coefficient (Wildman–Crippen LogP) is 2.63. The molecule has 0 aromatic heterocycles. The van der Waals surface area contributed by atoms with Crippen LogP contribution >= 0.6 is 0 Å². The molecule has 0 saturated carbocycles. The van der Waals surface area contributed by atoms with Crippen LogP contribution in [0.1, 0.15) is 47.2 Å². The molecule has 0 aliphatic carbocycles. The number of ether oxygens (including phenoxy) is 1. The maximum Gasteiger partial charge on any atom is 0.265 e. The number of benzene rings is 2. The number of nitrogen functional groups attached to an aromatic ring is 1. The fourth-order valence-electron chi connectivity index (χ4n) is 4.28. The van der Waals surface area contributed by atoms with Gasteiger partial charge in [-0.3, -0.25) is 19.9 Å². The number of hydrazine groups is 1. The minimum Gasteiger partial charge on any atom is -0.492 e. The highest BCUT2D eigenvalue weighted by atomic mass is 16.5. The summed E-state index contributed by atoms with van der Waals surface area (Å²) in [6.07, 6.45) is 5.11. The number of hydrogen-bond acceptors (Lipinski definition) is 5. The van der Waals surface area contributed by atoms with E-state index in [9.17, 15) is 9.59 Å². The van der Waals surface area contributed by atoms with E-state index in [2.05, 4.69) is 16.4 Å². The zero-order valence-electron chi connectivity index (χ0n) is 17.8. The van der Waals surface area contributed by atoms with Crippen LogP contribution < -0.4 is 20.9 Å². The van der Waals surface area contributed by atoms with Gasteiger partial charge in [-0.25, -0.2) is 5.84 Å². The van der Waals surface area contributed by atoms with Gasteiger partial charge in [-0.05, 0) is 61.7 Å².